The Morgan fingerprint density at radius 2 is 2.00 bits per heavy atom. The van der Waals surface area contributed by atoms with Gasteiger partial charge in [0.15, 0.2) is 11.5 Å². The normalized spacial score (nSPS) is 17.4. The van der Waals surface area contributed by atoms with Crippen LogP contribution in [0.15, 0.2) is 64.5 Å². The number of amides is 1. The summed E-state index contributed by atoms with van der Waals surface area (Å²) in [6, 6.07) is 9.63. The fourth-order valence-electron chi connectivity index (χ4n) is 3.07. The summed E-state index contributed by atoms with van der Waals surface area (Å²) in [7, 11) is 3.78. The van der Waals surface area contributed by atoms with Gasteiger partial charge < -0.3 is 19.3 Å². The van der Waals surface area contributed by atoms with Crippen molar-refractivity contribution in [3.63, 3.8) is 0 Å². The predicted octanol–water partition coefficient (Wildman–Crippen LogP) is 3.47. The average molecular weight is 401 g/mol. The van der Waals surface area contributed by atoms with Gasteiger partial charge in [0.1, 0.15) is 5.76 Å². The SMILES string of the molecule is CN(C)CCN1C(=O)C(O)=C(C(=O)C=Cc2ccco2)C1c1ccc(Cl)cc1. The highest BCUT2D eigenvalue weighted by Crippen LogP contribution is 2.38. The van der Waals surface area contributed by atoms with Gasteiger partial charge in [-0.2, -0.15) is 0 Å². The standard InChI is InChI=1S/C21H21ClN2O4/c1-23(2)11-12-24-19(14-5-7-15(22)8-6-14)18(20(26)21(24)27)17(25)10-9-16-4-3-13-28-16/h3-10,13,19,26H,11-12H2,1-2H3. The minimum absolute atomic E-state index is 0.0499. The largest absolute Gasteiger partial charge is 0.503 e. The van der Waals surface area contributed by atoms with Gasteiger partial charge in [0.2, 0.25) is 0 Å². The summed E-state index contributed by atoms with van der Waals surface area (Å²) in [4.78, 5) is 29.0. The zero-order valence-corrected chi connectivity index (χ0v) is 16.4. The van der Waals surface area contributed by atoms with Crippen molar-refractivity contribution in [2.45, 2.75) is 6.04 Å². The monoisotopic (exact) mass is 400 g/mol. The lowest BCUT2D eigenvalue weighted by atomic mass is 9.96. The number of nitrogens with zero attached hydrogens (tertiary/aromatic N) is 2. The lowest BCUT2D eigenvalue weighted by Gasteiger charge is -2.27. The van der Waals surface area contributed by atoms with Gasteiger partial charge in [-0.05, 0) is 56.1 Å². The third-order valence-electron chi connectivity index (χ3n) is 4.49. The molecule has 3 rings (SSSR count). The van der Waals surface area contributed by atoms with E-state index in [-0.39, 0.29) is 5.57 Å². The van der Waals surface area contributed by atoms with Crippen LogP contribution in [0.5, 0.6) is 0 Å². The molecule has 0 bridgehead atoms. The van der Waals surface area contributed by atoms with E-state index in [0.717, 1.165) is 0 Å². The molecule has 1 N–H and O–H groups in total. The molecule has 6 nitrogen and oxygen atoms in total. The van der Waals surface area contributed by atoms with Crippen LogP contribution in [-0.2, 0) is 9.59 Å². The maximum atomic E-state index is 12.9. The van der Waals surface area contributed by atoms with E-state index in [4.69, 9.17) is 16.0 Å². The Labute approximate surface area is 168 Å². The summed E-state index contributed by atoms with van der Waals surface area (Å²) in [5, 5.41) is 11.0. The van der Waals surface area contributed by atoms with Crippen molar-refractivity contribution in [1.29, 1.82) is 0 Å². The van der Waals surface area contributed by atoms with Gasteiger partial charge in [-0.15, -0.1) is 0 Å². The van der Waals surface area contributed by atoms with Crippen LogP contribution in [0.1, 0.15) is 17.4 Å². The molecule has 2 aromatic rings. The Balaban J connectivity index is 1.97. The molecule has 1 atom stereocenters. The molecule has 0 radical (unpaired) electrons. The average Bonchev–Trinajstić information content (AvgIpc) is 3.26. The number of benzene rings is 1. The molecule has 0 fully saturated rings. The number of ketones is 1. The van der Waals surface area contributed by atoms with Gasteiger partial charge in [-0.25, -0.2) is 0 Å². The van der Waals surface area contributed by atoms with Gasteiger partial charge in [0, 0.05) is 18.1 Å². The van der Waals surface area contributed by atoms with Crippen molar-refractivity contribution in [1.82, 2.24) is 9.80 Å². The first-order valence-electron chi connectivity index (χ1n) is 8.78. The number of allylic oxidation sites excluding steroid dienone is 1. The number of carbonyl (C=O) groups is 2. The molecular formula is C21H21ClN2O4. The van der Waals surface area contributed by atoms with Gasteiger partial charge in [-0.3, -0.25) is 9.59 Å². The molecule has 1 amide bonds. The van der Waals surface area contributed by atoms with E-state index in [1.165, 1.54) is 23.3 Å². The van der Waals surface area contributed by atoms with E-state index in [0.29, 0.717) is 29.4 Å². The lowest BCUT2D eigenvalue weighted by molar-refractivity contribution is -0.129. The number of rotatable bonds is 7. The van der Waals surface area contributed by atoms with E-state index in [1.54, 1.807) is 36.4 Å². The summed E-state index contributed by atoms with van der Waals surface area (Å²) in [6.45, 7) is 0.953. The van der Waals surface area contributed by atoms with Crippen molar-refractivity contribution < 1.29 is 19.1 Å². The van der Waals surface area contributed by atoms with Gasteiger partial charge >= 0.3 is 0 Å². The fourth-order valence-corrected chi connectivity index (χ4v) is 3.20. The summed E-state index contributed by atoms with van der Waals surface area (Å²) in [5.74, 6) is -1.02. The van der Waals surface area contributed by atoms with E-state index < -0.39 is 23.5 Å². The van der Waals surface area contributed by atoms with Crippen LogP contribution >= 0.6 is 11.6 Å². The highest BCUT2D eigenvalue weighted by molar-refractivity contribution is 6.30. The van der Waals surface area contributed by atoms with E-state index >= 15 is 0 Å². The van der Waals surface area contributed by atoms with Crippen molar-refractivity contribution in [3.8, 4) is 0 Å². The molecular weight excluding hydrogens is 380 g/mol. The molecule has 1 aliphatic rings. The Morgan fingerprint density at radius 3 is 2.61 bits per heavy atom. The fraction of sp³-hybridized carbons (Fsp3) is 0.238. The highest BCUT2D eigenvalue weighted by Gasteiger charge is 2.42. The van der Waals surface area contributed by atoms with E-state index in [9.17, 15) is 14.7 Å². The smallest absolute Gasteiger partial charge is 0.290 e. The van der Waals surface area contributed by atoms with Crippen LogP contribution in [-0.4, -0.2) is 53.8 Å². The van der Waals surface area contributed by atoms with Crippen LogP contribution < -0.4 is 0 Å². The van der Waals surface area contributed by atoms with E-state index in [2.05, 4.69) is 0 Å². The maximum absolute atomic E-state index is 12.9. The second-order valence-corrected chi connectivity index (χ2v) is 7.17. The first kappa shape index (κ1) is 19.9. The Kier molecular flexibility index (Phi) is 6.02. The van der Waals surface area contributed by atoms with Crippen LogP contribution in [0.25, 0.3) is 6.08 Å². The molecule has 1 aromatic heterocycles. The first-order chi connectivity index (χ1) is 13.4. The summed E-state index contributed by atoms with van der Waals surface area (Å²) in [6.07, 6.45) is 4.31. The van der Waals surface area contributed by atoms with Crippen LogP contribution in [0.3, 0.4) is 0 Å². The number of furan rings is 1. The molecule has 2 heterocycles. The van der Waals surface area contributed by atoms with Gasteiger partial charge in [0.05, 0.1) is 17.9 Å². The Hall–Kier alpha value is -2.83. The Morgan fingerprint density at radius 1 is 1.29 bits per heavy atom. The number of aliphatic hydroxyl groups is 1. The zero-order valence-electron chi connectivity index (χ0n) is 15.6. The molecule has 28 heavy (non-hydrogen) atoms. The molecule has 1 aliphatic heterocycles. The molecule has 7 heteroatoms. The molecule has 0 aliphatic carbocycles. The van der Waals surface area contributed by atoms with Gasteiger partial charge in [-0.1, -0.05) is 23.7 Å². The predicted molar refractivity (Wildman–Crippen MR) is 107 cm³/mol. The molecule has 0 spiro atoms. The summed E-state index contributed by atoms with van der Waals surface area (Å²) < 4.78 is 5.19. The van der Waals surface area contributed by atoms with Crippen molar-refractivity contribution in [3.05, 3.63) is 76.4 Å². The van der Waals surface area contributed by atoms with Crippen LogP contribution in [0, 0.1) is 0 Å². The highest BCUT2D eigenvalue weighted by atomic mass is 35.5. The van der Waals surface area contributed by atoms with E-state index in [1.807, 2.05) is 19.0 Å². The molecule has 0 saturated carbocycles. The third kappa shape index (κ3) is 4.18. The number of halogens is 1. The number of carbonyl (C=O) groups excluding carboxylic acids is 2. The minimum atomic E-state index is -0.682. The summed E-state index contributed by atoms with van der Waals surface area (Å²) >= 11 is 5.98. The number of likely N-dealkylation sites (N-methyl/N-ethyl adjacent to an activating group) is 1. The maximum Gasteiger partial charge on any atom is 0.290 e. The Bertz CT molecular complexity index is 914. The second kappa shape index (κ2) is 8.46. The van der Waals surface area contributed by atoms with Crippen molar-refractivity contribution in [2.75, 3.05) is 27.2 Å². The number of hydrogen-bond donors (Lipinski definition) is 1. The molecule has 1 aromatic carbocycles. The number of hydrogen-bond acceptors (Lipinski definition) is 5. The molecule has 146 valence electrons. The summed E-state index contributed by atoms with van der Waals surface area (Å²) in [5.41, 5.74) is 0.754. The van der Waals surface area contributed by atoms with Crippen LogP contribution in [0.4, 0.5) is 0 Å². The van der Waals surface area contributed by atoms with Crippen LogP contribution in [0.2, 0.25) is 5.02 Å². The second-order valence-electron chi connectivity index (χ2n) is 6.73. The topological polar surface area (TPSA) is 74.0 Å². The lowest BCUT2D eigenvalue weighted by Crippen LogP contribution is -2.36. The van der Waals surface area contributed by atoms with Crippen molar-refractivity contribution in [2.24, 2.45) is 0 Å². The van der Waals surface area contributed by atoms with Gasteiger partial charge in [0.25, 0.3) is 5.91 Å². The number of aliphatic hydroxyl groups excluding tert-OH is 1. The zero-order chi connectivity index (χ0) is 20.3. The quantitative estimate of drug-likeness (QED) is 0.720. The molecule has 1 unspecified atom stereocenters. The molecule has 0 saturated heterocycles. The minimum Gasteiger partial charge on any atom is -0.503 e. The third-order valence-corrected chi connectivity index (χ3v) is 4.74. The van der Waals surface area contributed by atoms with Crippen molar-refractivity contribution >= 4 is 29.4 Å². The first-order valence-corrected chi connectivity index (χ1v) is 9.16.